The van der Waals surface area contributed by atoms with Gasteiger partial charge in [-0.2, -0.15) is 9.61 Å². The highest BCUT2D eigenvalue weighted by molar-refractivity contribution is 7.99. The lowest BCUT2D eigenvalue weighted by Crippen LogP contribution is -2.19. The molecule has 0 saturated heterocycles. The molecule has 0 aliphatic heterocycles. The quantitative estimate of drug-likeness (QED) is 0.745. The number of H-pyrrole nitrogens is 1. The van der Waals surface area contributed by atoms with Crippen LogP contribution in [0.1, 0.15) is 5.69 Å². The number of aromatic nitrogens is 4. The average molecular weight is 334 g/mol. The summed E-state index contributed by atoms with van der Waals surface area (Å²) >= 11 is 1.03. The second-order valence-electron chi connectivity index (χ2n) is 4.86. The third-order valence-electron chi connectivity index (χ3n) is 3.15. The number of nitrogens with one attached hydrogen (secondary N) is 1. The van der Waals surface area contributed by atoms with Crippen molar-refractivity contribution in [3.8, 4) is 11.1 Å². The third-order valence-corrected chi connectivity index (χ3v) is 4.07. The molecule has 0 aliphatic rings. The molecule has 23 heavy (non-hydrogen) atoms. The lowest BCUT2D eigenvalue weighted by atomic mass is 10.1. The van der Waals surface area contributed by atoms with E-state index in [-0.39, 0.29) is 16.7 Å². The Labute approximate surface area is 134 Å². The van der Waals surface area contributed by atoms with Gasteiger partial charge in [0.1, 0.15) is 11.6 Å². The summed E-state index contributed by atoms with van der Waals surface area (Å²) < 4.78 is 27.0. The number of hydrogen-bond acceptors (Lipinski definition) is 4. The number of hydrogen-bond donors (Lipinski definition) is 1. The van der Waals surface area contributed by atoms with Crippen molar-refractivity contribution in [2.24, 2.45) is 0 Å². The van der Waals surface area contributed by atoms with Gasteiger partial charge in [-0.15, -0.1) is 0 Å². The summed E-state index contributed by atoms with van der Waals surface area (Å²) in [4.78, 5) is 19.0. The van der Waals surface area contributed by atoms with Gasteiger partial charge in [-0.25, -0.2) is 18.6 Å². The second-order valence-corrected chi connectivity index (χ2v) is 5.82. The Morgan fingerprint density at radius 3 is 2.74 bits per heavy atom. The molecular weight excluding hydrogens is 322 g/mol. The normalized spacial score (nSPS) is 11.1. The molecule has 0 unspecified atom stereocenters. The Bertz CT molecular complexity index is 947. The summed E-state index contributed by atoms with van der Waals surface area (Å²) in [5, 5.41) is 4.43. The molecule has 0 amide bonds. The van der Waals surface area contributed by atoms with Crippen molar-refractivity contribution in [1.29, 1.82) is 0 Å². The largest absolute Gasteiger partial charge is 0.350 e. The third kappa shape index (κ3) is 3.02. The predicted octanol–water partition coefficient (Wildman–Crippen LogP) is 3.11. The molecule has 8 heteroatoms. The van der Waals surface area contributed by atoms with E-state index in [0.29, 0.717) is 22.5 Å². The first-order chi connectivity index (χ1) is 11.0. The fourth-order valence-corrected chi connectivity index (χ4v) is 2.80. The molecule has 1 N–H and O–H groups in total. The highest BCUT2D eigenvalue weighted by atomic mass is 32.2. The molecule has 118 valence electrons. The molecule has 0 saturated carbocycles. The molecule has 0 fully saturated rings. The monoisotopic (exact) mass is 334 g/mol. The first kappa shape index (κ1) is 15.4. The first-order valence-electron chi connectivity index (χ1n) is 6.67. The molecule has 0 atom stereocenters. The number of fused-ring (bicyclic) bond motifs is 1. The lowest BCUT2D eigenvalue weighted by molar-refractivity contribution is 0.628. The standard InChI is InChI=1S/C15H12F2N4OS/c1-8(16)7-23-14-18-13-12(10-3-5-11(17)6-4-10)9(2)20-21(13)15(22)19-14/h3-6H,1,7H2,2H3,(H,18,19,22). The van der Waals surface area contributed by atoms with Crippen LogP contribution in [0.15, 0.2) is 46.6 Å². The number of thioether (sulfide) groups is 1. The number of halogens is 2. The highest BCUT2D eigenvalue weighted by Crippen LogP contribution is 2.27. The maximum Gasteiger partial charge on any atom is 0.350 e. The lowest BCUT2D eigenvalue weighted by Gasteiger charge is -2.02. The number of nitrogens with zero attached hydrogens (tertiary/aromatic N) is 3. The zero-order valence-corrected chi connectivity index (χ0v) is 13.0. The van der Waals surface area contributed by atoms with Crippen LogP contribution in [0.4, 0.5) is 8.78 Å². The zero-order chi connectivity index (χ0) is 16.6. The molecule has 5 nitrogen and oxygen atoms in total. The molecular formula is C15H12F2N4OS. The maximum atomic E-state index is 13.1. The van der Waals surface area contributed by atoms with E-state index >= 15 is 0 Å². The molecule has 2 aromatic heterocycles. The van der Waals surface area contributed by atoms with Crippen molar-refractivity contribution in [2.45, 2.75) is 12.1 Å². The van der Waals surface area contributed by atoms with Gasteiger partial charge in [-0.1, -0.05) is 30.5 Å². The summed E-state index contributed by atoms with van der Waals surface area (Å²) in [5.74, 6) is -0.870. The Hall–Kier alpha value is -2.48. The van der Waals surface area contributed by atoms with Crippen LogP contribution in [0.25, 0.3) is 16.8 Å². The van der Waals surface area contributed by atoms with E-state index in [4.69, 9.17) is 0 Å². The molecule has 3 aromatic rings. The molecule has 2 heterocycles. The molecule has 0 aliphatic carbocycles. The average Bonchev–Trinajstić information content (AvgIpc) is 2.83. The van der Waals surface area contributed by atoms with Crippen molar-refractivity contribution in [1.82, 2.24) is 19.6 Å². The van der Waals surface area contributed by atoms with Gasteiger partial charge in [-0.3, -0.25) is 4.98 Å². The van der Waals surface area contributed by atoms with Crippen LogP contribution in [0.2, 0.25) is 0 Å². The Morgan fingerprint density at radius 1 is 1.39 bits per heavy atom. The van der Waals surface area contributed by atoms with Gasteiger partial charge >= 0.3 is 5.69 Å². The van der Waals surface area contributed by atoms with Gasteiger partial charge in [0.2, 0.25) is 0 Å². The van der Waals surface area contributed by atoms with E-state index in [0.717, 1.165) is 16.3 Å². The fraction of sp³-hybridized carbons (Fsp3) is 0.133. The van der Waals surface area contributed by atoms with Crippen LogP contribution in [0.5, 0.6) is 0 Å². The van der Waals surface area contributed by atoms with Gasteiger partial charge < -0.3 is 0 Å². The Balaban J connectivity index is 2.17. The van der Waals surface area contributed by atoms with Crippen molar-refractivity contribution in [3.05, 3.63) is 58.7 Å². The summed E-state index contributed by atoms with van der Waals surface area (Å²) in [6.07, 6.45) is 0. The van der Waals surface area contributed by atoms with Crippen LogP contribution < -0.4 is 5.69 Å². The minimum atomic E-state index is -0.513. The minimum Gasteiger partial charge on any atom is -0.285 e. The molecule has 1 aromatic carbocycles. The Kier molecular flexibility index (Phi) is 3.99. The van der Waals surface area contributed by atoms with Gasteiger partial charge in [0.15, 0.2) is 10.8 Å². The number of rotatable bonds is 4. The van der Waals surface area contributed by atoms with Crippen molar-refractivity contribution in [2.75, 3.05) is 5.75 Å². The zero-order valence-electron chi connectivity index (χ0n) is 12.1. The number of aromatic amines is 1. The van der Waals surface area contributed by atoms with E-state index < -0.39 is 11.5 Å². The topological polar surface area (TPSA) is 63.1 Å². The fourth-order valence-electron chi connectivity index (χ4n) is 2.20. The van der Waals surface area contributed by atoms with Crippen molar-refractivity contribution < 1.29 is 8.78 Å². The van der Waals surface area contributed by atoms with Gasteiger partial charge in [0.05, 0.1) is 11.4 Å². The maximum absolute atomic E-state index is 13.1. The predicted molar refractivity (Wildman–Crippen MR) is 84.7 cm³/mol. The van der Waals surface area contributed by atoms with Gasteiger partial charge in [0.25, 0.3) is 0 Å². The van der Waals surface area contributed by atoms with Gasteiger partial charge in [0, 0.05) is 5.56 Å². The summed E-state index contributed by atoms with van der Waals surface area (Å²) in [7, 11) is 0. The van der Waals surface area contributed by atoms with E-state index in [1.54, 1.807) is 19.1 Å². The molecule has 0 radical (unpaired) electrons. The summed E-state index contributed by atoms with van der Waals surface area (Å²) in [6, 6.07) is 5.85. The van der Waals surface area contributed by atoms with Crippen molar-refractivity contribution >= 4 is 17.4 Å². The smallest absolute Gasteiger partial charge is 0.285 e. The van der Waals surface area contributed by atoms with Crippen molar-refractivity contribution in [3.63, 3.8) is 0 Å². The van der Waals surface area contributed by atoms with E-state index in [9.17, 15) is 13.6 Å². The second kappa shape index (κ2) is 5.96. The molecule has 0 spiro atoms. The van der Waals surface area contributed by atoms with Crippen LogP contribution in [-0.4, -0.2) is 25.3 Å². The SMILES string of the molecule is C=C(F)CSc1nc2c(-c3ccc(F)cc3)c(C)nn2c(=O)[nH]1. The molecule has 0 bridgehead atoms. The Morgan fingerprint density at radius 2 is 2.09 bits per heavy atom. The van der Waals surface area contributed by atoms with Crippen LogP contribution in [0.3, 0.4) is 0 Å². The summed E-state index contributed by atoms with van der Waals surface area (Å²) in [6.45, 7) is 4.91. The highest BCUT2D eigenvalue weighted by Gasteiger charge is 2.16. The van der Waals surface area contributed by atoms with E-state index in [1.807, 2.05) is 0 Å². The van der Waals surface area contributed by atoms with Crippen LogP contribution in [-0.2, 0) is 0 Å². The number of aryl methyl sites for hydroxylation is 1. The van der Waals surface area contributed by atoms with Crippen LogP contribution >= 0.6 is 11.8 Å². The number of benzene rings is 1. The minimum absolute atomic E-state index is 0.00187. The van der Waals surface area contributed by atoms with Crippen LogP contribution in [0, 0.1) is 12.7 Å². The first-order valence-corrected chi connectivity index (χ1v) is 7.66. The van der Waals surface area contributed by atoms with E-state index in [2.05, 4.69) is 21.6 Å². The van der Waals surface area contributed by atoms with E-state index in [1.165, 1.54) is 12.1 Å². The summed E-state index contributed by atoms with van der Waals surface area (Å²) in [5.41, 5.74) is 1.79. The molecule has 3 rings (SSSR count). The van der Waals surface area contributed by atoms with Gasteiger partial charge in [-0.05, 0) is 24.6 Å².